The first-order valence-corrected chi connectivity index (χ1v) is 11.9. The van der Waals surface area contributed by atoms with Gasteiger partial charge in [0.25, 0.3) is 0 Å². The van der Waals surface area contributed by atoms with Crippen molar-refractivity contribution in [1.82, 2.24) is 29.5 Å². The summed E-state index contributed by atoms with van der Waals surface area (Å²) in [5, 5.41) is 0. The molecule has 0 fully saturated rings. The molecule has 0 N–H and O–H groups in total. The van der Waals surface area contributed by atoms with Crippen LogP contribution in [0.1, 0.15) is 31.3 Å². The first kappa shape index (κ1) is 21.9. The van der Waals surface area contributed by atoms with Crippen LogP contribution in [0.25, 0.3) is 33.8 Å². The Morgan fingerprint density at radius 1 is 0.972 bits per heavy atom. The zero-order chi connectivity index (χ0) is 24.8. The van der Waals surface area contributed by atoms with E-state index in [0.29, 0.717) is 12.4 Å². The van der Waals surface area contributed by atoms with Gasteiger partial charge in [-0.2, -0.15) is 0 Å². The SMILES string of the molecule is C=C1Oc2ccc(-c3ncnc4c3nc(-c3cnc(C)nc3)n4CC)cc2N1C(C)c1ccccc1. The fourth-order valence-electron chi connectivity index (χ4n) is 4.73. The molecule has 1 unspecified atom stereocenters. The molecule has 4 heterocycles. The first-order chi connectivity index (χ1) is 17.5. The Balaban J connectivity index is 1.47. The van der Waals surface area contributed by atoms with Gasteiger partial charge >= 0.3 is 0 Å². The van der Waals surface area contributed by atoms with Crippen LogP contribution in [0.4, 0.5) is 5.69 Å². The van der Waals surface area contributed by atoms with E-state index in [9.17, 15) is 0 Å². The van der Waals surface area contributed by atoms with Gasteiger partial charge in [-0.1, -0.05) is 30.3 Å². The monoisotopic (exact) mass is 475 g/mol. The second-order valence-electron chi connectivity index (χ2n) is 8.73. The van der Waals surface area contributed by atoms with Gasteiger partial charge in [0.2, 0.25) is 0 Å². The zero-order valence-corrected chi connectivity index (χ0v) is 20.4. The number of aromatic nitrogens is 6. The van der Waals surface area contributed by atoms with Gasteiger partial charge in [0.05, 0.1) is 17.3 Å². The molecule has 0 saturated heterocycles. The molecule has 5 aromatic rings. The molecule has 8 nitrogen and oxygen atoms in total. The van der Waals surface area contributed by atoms with Crippen LogP contribution in [-0.4, -0.2) is 29.5 Å². The highest BCUT2D eigenvalue weighted by molar-refractivity contribution is 5.91. The molecule has 0 spiro atoms. The second-order valence-corrected chi connectivity index (χ2v) is 8.73. The van der Waals surface area contributed by atoms with E-state index < -0.39 is 0 Å². The largest absolute Gasteiger partial charge is 0.439 e. The average molecular weight is 476 g/mol. The molecular weight excluding hydrogens is 450 g/mol. The highest BCUT2D eigenvalue weighted by Gasteiger charge is 2.30. The maximum atomic E-state index is 6.01. The van der Waals surface area contributed by atoms with Crippen LogP contribution in [-0.2, 0) is 6.54 Å². The third kappa shape index (κ3) is 3.50. The molecule has 0 radical (unpaired) electrons. The van der Waals surface area contributed by atoms with E-state index in [1.165, 1.54) is 5.56 Å². The van der Waals surface area contributed by atoms with Crippen LogP contribution in [0, 0.1) is 6.92 Å². The molecule has 3 aromatic heterocycles. The maximum absolute atomic E-state index is 6.01. The highest BCUT2D eigenvalue weighted by atomic mass is 16.5. The highest BCUT2D eigenvalue weighted by Crippen LogP contribution is 2.45. The van der Waals surface area contributed by atoms with Crippen molar-refractivity contribution in [1.29, 1.82) is 0 Å². The molecular formula is C28H25N7O. The quantitative estimate of drug-likeness (QED) is 0.322. The lowest BCUT2D eigenvalue weighted by Gasteiger charge is -2.26. The Bertz CT molecular complexity index is 1590. The molecule has 6 rings (SSSR count). The van der Waals surface area contributed by atoms with Gasteiger partial charge in [-0.15, -0.1) is 0 Å². The van der Waals surface area contributed by atoms with Crippen LogP contribution in [0.15, 0.2) is 79.7 Å². The Labute approximate surface area is 209 Å². The third-order valence-corrected chi connectivity index (χ3v) is 6.55. The molecule has 1 atom stereocenters. The lowest BCUT2D eigenvalue weighted by atomic mass is 10.0. The standard InChI is InChI=1S/C28H25N7O/c1-5-34-27(22-14-29-18(3)30-15-22)33-26-25(31-16-32-28(26)34)21-11-12-24-23(13-21)35(19(4)36-24)17(2)20-9-7-6-8-10-20/h6-17H,4-5H2,1-3H3. The summed E-state index contributed by atoms with van der Waals surface area (Å²) in [4.78, 5) is 25.0. The van der Waals surface area contributed by atoms with Crippen molar-refractivity contribution in [2.75, 3.05) is 4.90 Å². The van der Waals surface area contributed by atoms with E-state index in [4.69, 9.17) is 9.72 Å². The summed E-state index contributed by atoms with van der Waals surface area (Å²) in [5.74, 6) is 2.86. The van der Waals surface area contributed by atoms with Crippen molar-refractivity contribution in [2.24, 2.45) is 0 Å². The second kappa shape index (κ2) is 8.57. The van der Waals surface area contributed by atoms with Gasteiger partial charge in [-0.05, 0) is 51.1 Å². The topological polar surface area (TPSA) is 81.9 Å². The van der Waals surface area contributed by atoms with E-state index in [1.807, 2.05) is 37.3 Å². The van der Waals surface area contributed by atoms with Crippen LogP contribution >= 0.6 is 0 Å². The number of aryl methyl sites for hydroxylation is 2. The average Bonchev–Trinajstić information content (AvgIpc) is 3.45. The summed E-state index contributed by atoms with van der Waals surface area (Å²) in [7, 11) is 0. The van der Waals surface area contributed by atoms with E-state index in [2.05, 4.69) is 68.0 Å². The summed E-state index contributed by atoms with van der Waals surface area (Å²) in [6.45, 7) is 11.0. The van der Waals surface area contributed by atoms with Crippen LogP contribution < -0.4 is 9.64 Å². The summed E-state index contributed by atoms with van der Waals surface area (Å²) >= 11 is 0. The molecule has 1 aliphatic rings. The third-order valence-electron chi connectivity index (χ3n) is 6.55. The predicted octanol–water partition coefficient (Wildman–Crippen LogP) is 5.71. The number of benzene rings is 2. The van der Waals surface area contributed by atoms with E-state index in [-0.39, 0.29) is 6.04 Å². The summed E-state index contributed by atoms with van der Waals surface area (Å²) in [6, 6.07) is 16.4. The van der Waals surface area contributed by atoms with Crippen LogP contribution in [0.3, 0.4) is 0 Å². The number of ether oxygens (including phenoxy) is 1. The molecule has 0 saturated carbocycles. The van der Waals surface area contributed by atoms with E-state index in [0.717, 1.165) is 51.1 Å². The molecule has 178 valence electrons. The Kier molecular flexibility index (Phi) is 5.21. The van der Waals surface area contributed by atoms with Gasteiger partial charge in [0.15, 0.2) is 17.3 Å². The fourth-order valence-corrected chi connectivity index (χ4v) is 4.73. The minimum atomic E-state index is 0.0491. The number of anilines is 1. The van der Waals surface area contributed by atoms with Gasteiger partial charge < -0.3 is 14.2 Å². The number of nitrogens with zero attached hydrogens (tertiary/aromatic N) is 7. The maximum Gasteiger partial charge on any atom is 0.193 e. The van der Waals surface area contributed by atoms with Gasteiger partial charge in [0.1, 0.15) is 29.2 Å². The molecule has 1 aliphatic heterocycles. The van der Waals surface area contributed by atoms with Crippen molar-refractivity contribution in [3.63, 3.8) is 0 Å². The fraction of sp³-hybridized carbons (Fsp3) is 0.179. The number of hydrogen-bond donors (Lipinski definition) is 0. The lowest BCUT2D eigenvalue weighted by molar-refractivity contribution is 0.432. The molecule has 0 bridgehead atoms. The van der Waals surface area contributed by atoms with Crippen molar-refractivity contribution >= 4 is 16.9 Å². The molecule has 2 aromatic carbocycles. The van der Waals surface area contributed by atoms with Gasteiger partial charge in [-0.3, -0.25) is 0 Å². The van der Waals surface area contributed by atoms with E-state index >= 15 is 0 Å². The van der Waals surface area contributed by atoms with Crippen molar-refractivity contribution in [2.45, 2.75) is 33.4 Å². The summed E-state index contributed by atoms with van der Waals surface area (Å²) in [6.07, 6.45) is 5.18. The lowest BCUT2D eigenvalue weighted by Crippen LogP contribution is -2.23. The molecule has 0 aliphatic carbocycles. The normalized spacial score (nSPS) is 13.6. The van der Waals surface area contributed by atoms with Gasteiger partial charge in [0, 0.05) is 24.5 Å². The Morgan fingerprint density at radius 3 is 2.50 bits per heavy atom. The van der Waals surface area contributed by atoms with Crippen LogP contribution in [0.5, 0.6) is 5.75 Å². The first-order valence-electron chi connectivity index (χ1n) is 11.9. The smallest absolute Gasteiger partial charge is 0.193 e. The van der Waals surface area contributed by atoms with E-state index in [1.54, 1.807) is 18.7 Å². The van der Waals surface area contributed by atoms with Gasteiger partial charge in [-0.25, -0.2) is 24.9 Å². The number of hydrogen-bond acceptors (Lipinski definition) is 7. The molecule has 8 heteroatoms. The summed E-state index contributed by atoms with van der Waals surface area (Å²) < 4.78 is 8.08. The van der Waals surface area contributed by atoms with Crippen molar-refractivity contribution < 1.29 is 4.74 Å². The predicted molar refractivity (Wildman–Crippen MR) is 139 cm³/mol. The summed E-state index contributed by atoms with van der Waals surface area (Å²) in [5.41, 5.74) is 6.16. The minimum absolute atomic E-state index is 0.0491. The number of imidazole rings is 1. The zero-order valence-electron chi connectivity index (χ0n) is 20.4. The molecule has 0 amide bonds. The van der Waals surface area contributed by atoms with Crippen molar-refractivity contribution in [3.8, 4) is 28.4 Å². The minimum Gasteiger partial charge on any atom is -0.439 e. The molecule has 36 heavy (non-hydrogen) atoms. The number of rotatable bonds is 5. The number of fused-ring (bicyclic) bond motifs is 2. The van der Waals surface area contributed by atoms with Crippen LogP contribution in [0.2, 0.25) is 0 Å². The Morgan fingerprint density at radius 2 is 1.75 bits per heavy atom. The van der Waals surface area contributed by atoms with Crippen molar-refractivity contribution in [3.05, 3.63) is 91.1 Å². The Hall–Kier alpha value is -4.59.